The molecule has 18 heavy (non-hydrogen) atoms. The van der Waals surface area contributed by atoms with Gasteiger partial charge in [0.15, 0.2) is 0 Å². The molecule has 0 saturated carbocycles. The minimum atomic E-state index is -0.0129. The van der Waals surface area contributed by atoms with Crippen molar-refractivity contribution < 1.29 is 4.79 Å². The van der Waals surface area contributed by atoms with Crippen LogP contribution in [0.3, 0.4) is 0 Å². The van der Waals surface area contributed by atoms with Crippen molar-refractivity contribution in [3.63, 3.8) is 0 Å². The maximum atomic E-state index is 11.7. The van der Waals surface area contributed by atoms with Gasteiger partial charge in [0.25, 0.3) is 0 Å². The Morgan fingerprint density at radius 1 is 1.50 bits per heavy atom. The quantitative estimate of drug-likeness (QED) is 0.694. The Labute approximate surface area is 109 Å². The second kappa shape index (κ2) is 7.74. The van der Waals surface area contributed by atoms with Crippen molar-refractivity contribution >= 4 is 11.7 Å². The van der Waals surface area contributed by atoms with E-state index >= 15 is 0 Å². The number of rotatable bonds is 8. The van der Waals surface area contributed by atoms with Gasteiger partial charge in [0.05, 0.1) is 0 Å². The molecule has 5 heteroatoms. The molecule has 1 rings (SSSR count). The lowest BCUT2D eigenvalue weighted by molar-refractivity contribution is -0.122. The lowest BCUT2D eigenvalue weighted by Crippen LogP contribution is -2.35. The Kier molecular flexibility index (Phi) is 6.25. The van der Waals surface area contributed by atoms with E-state index in [1.807, 2.05) is 6.92 Å². The molecule has 1 aromatic heterocycles. The average molecular weight is 252 g/mol. The number of carbonyl (C=O) groups excluding carboxylic acids is 1. The van der Waals surface area contributed by atoms with Crippen LogP contribution in [0.1, 0.15) is 46.0 Å². The Hall–Kier alpha value is -1.52. The highest BCUT2D eigenvalue weighted by molar-refractivity contribution is 5.75. The van der Waals surface area contributed by atoms with E-state index in [2.05, 4.69) is 17.3 Å². The largest absolute Gasteiger partial charge is 0.382 e. The molecule has 0 radical (unpaired) electrons. The van der Waals surface area contributed by atoms with E-state index in [4.69, 9.17) is 5.73 Å². The van der Waals surface area contributed by atoms with Gasteiger partial charge in [-0.3, -0.25) is 9.48 Å². The molecule has 102 valence electrons. The first-order valence-corrected chi connectivity index (χ1v) is 6.70. The summed E-state index contributed by atoms with van der Waals surface area (Å²) >= 11 is 0. The molecule has 0 saturated heterocycles. The van der Waals surface area contributed by atoms with Gasteiger partial charge in [-0.1, -0.05) is 32.6 Å². The fourth-order valence-corrected chi connectivity index (χ4v) is 1.88. The van der Waals surface area contributed by atoms with E-state index in [0.29, 0.717) is 5.82 Å². The molecule has 0 bridgehead atoms. The number of hydrogen-bond acceptors (Lipinski definition) is 3. The van der Waals surface area contributed by atoms with Gasteiger partial charge in [-0.25, -0.2) is 0 Å². The van der Waals surface area contributed by atoms with Crippen LogP contribution in [-0.2, 0) is 11.3 Å². The second-order valence-corrected chi connectivity index (χ2v) is 4.76. The van der Waals surface area contributed by atoms with Crippen LogP contribution in [0.25, 0.3) is 0 Å². The van der Waals surface area contributed by atoms with Gasteiger partial charge >= 0.3 is 0 Å². The first-order chi connectivity index (χ1) is 8.61. The van der Waals surface area contributed by atoms with Crippen molar-refractivity contribution in [1.82, 2.24) is 15.1 Å². The highest BCUT2D eigenvalue weighted by Crippen LogP contribution is 2.05. The number of hydrogen-bond donors (Lipinski definition) is 2. The molecule has 0 aliphatic heterocycles. The van der Waals surface area contributed by atoms with Gasteiger partial charge in [0.2, 0.25) is 5.91 Å². The summed E-state index contributed by atoms with van der Waals surface area (Å²) in [6, 6.07) is 1.91. The molecular weight excluding hydrogens is 228 g/mol. The zero-order valence-corrected chi connectivity index (χ0v) is 11.4. The molecule has 0 aliphatic rings. The third-order valence-electron chi connectivity index (χ3n) is 2.86. The van der Waals surface area contributed by atoms with Crippen molar-refractivity contribution in [2.45, 2.75) is 58.5 Å². The molecular formula is C13H24N4O. The van der Waals surface area contributed by atoms with E-state index < -0.39 is 0 Å². The monoisotopic (exact) mass is 252 g/mol. The zero-order chi connectivity index (χ0) is 13.4. The van der Waals surface area contributed by atoms with Crippen LogP contribution in [0, 0.1) is 0 Å². The summed E-state index contributed by atoms with van der Waals surface area (Å²) in [5.41, 5.74) is 5.49. The summed E-state index contributed by atoms with van der Waals surface area (Å²) < 4.78 is 1.55. The van der Waals surface area contributed by atoms with Crippen LogP contribution in [-0.4, -0.2) is 21.7 Å². The number of nitrogens with two attached hydrogens (primary N) is 1. The lowest BCUT2D eigenvalue weighted by atomic mass is 10.1. The predicted octanol–water partition coefficient (Wildman–Crippen LogP) is 1.94. The number of nitrogens with zero attached hydrogens (tertiary/aromatic N) is 2. The van der Waals surface area contributed by atoms with Crippen molar-refractivity contribution in [1.29, 1.82) is 0 Å². The molecule has 5 nitrogen and oxygen atoms in total. The fourth-order valence-electron chi connectivity index (χ4n) is 1.88. The normalized spacial score (nSPS) is 12.3. The van der Waals surface area contributed by atoms with Crippen LogP contribution < -0.4 is 11.1 Å². The highest BCUT2D eigenvalue weighted by atomic mass is 16.2. The summed E-state index contributed by atoms with van der Waals surface area (Å²) in [6.07, 6.45) is 7.67. The Balaban J connectivity index is 2.19. The summed E-state index contributed by atoms with van der Waals surface area (Å²) in [4.78, 5) is 11.7. The standard InChI is InChI=1S/C13H24N4O/c1-3-4-5-6-7-11(2)15-13(18)10-17-9-8-12(14)16-17/h8-9,11H,3-7,10H2,1-2H3,(H2,14,16)(H,15,18). The fraction of sp³-hybridized carbons (Fsp3) is 0.692. The topological polar surface area (TPSA) is 72.9 Å². The highest BCUT2D eigenvalue weighted by Gasteiger charge is 2.08. The number of aromatic nitrogens is 2. The summed E-state index contributed by atoms with van der Waals surface area (Å²) in [5.74, 6) is 0.427. The smallest absolute Gasteiger partial charge is 0.241 e. The number of nitrogens with one attached hydrogen (secondary N) is 1. The molecule has 3 N–H and O–H groups in total. The van der Waals surface area contributed by atoms with Crippen LogP contribution in [0.2, 0.25) is 0 Å². The van der Waals surface area contributed by atoms with Crippen molar-refractivity contribution in [3.05, 3.63) is 12.3 Å². The molecule has 1 aromatic rings. The van der Waals surface area contributed by atoms with Gasteiger partial charge in [0, 0.05) is 12.2 Å². The maximum absolute atomic E-state index is 11.7. The number of nitrogen functional groups attached to an aromatic ring is 1. The summed E-state index contributed by atoms with van der Waals surface area (Å²) in [7, 11) is 0. The van der Waals surface area contributed by atoms with E-state index in [1.165, 1.54) is 25.7 Å². The van der Waals surface area contributed by atoms with E-state index in [9.17, 15) is 4.79 Å². The van der Waals surface area contributed by atoms with Crippen molar-refractivity contribution in [3.8, 4) is 0 Å². The molecule has 1 heterocycles. The van der Waals surface area contributed by atoms with Crippen LogP contribution in [0.15, 0.2) is 12.3 Å². The molecule has 0 fully saturated rings. The van der Waals surface area contributed by atoms with Crippen molar-refractivity contribution in [2.75, 3.05) is 5.73 Å². The summed E-state index contributed by atoms with van der Waals surface area (Å²) in [5, 5.41) is 6.95. The molecule has 1 amide bonds. The van der Waals surface area contributed by atoms with Gasteiger partial charge in [-0.05, 0) is 19.4 Å². The van der Waals surface area contributed by atoms with Crippen LogP contribution in [0.4, 0.5) is 5.82 Å². The van der Waals surface area contributed by atoms with E-state index in [0.717, 1.165) is 6.42 Å². The van der Waals surface area contributed by atoms with Crippen LogP contribution in [0.5, 0.6) is 0 Å². The number of carbonyl (C=O) groups is 1. The molecule has 0 aromatic carbocycles. The minimum Gasteiger partial charge on any atom is -0.382 e. The SMILES string of the molecule is CCCCCCC(C)NC(=O)Cn1ccc(N)n1. The molecule has 1 unspecified atom stereocenters. The van der Waals surface area contributed by atoms with Gasteiger partial charge in [-0.2, -0.15) is 5.10 Å². The predicted molar refractivity (Wildman–Crippen MR) is 73.0 cm³/mol. The lowest BCUT2D eigenvalue weighted by Gasteiger charge is -2.13. The Morgan fingerprint density at radius 2 is 2.28 bits per heavy atom. The molecule has 0 spiro atoms. The Bertz CT molecular complexity index is 362. The first kappa shape index (κ1) is 14.5. The number of amides is 1. The van der Waals surface area contributed by atoms with Crippen molar-refractivity contribution in [2.24, 2.45) is 0 Å². The van der Waals surface area contributed by atoms with Gasteiger partial charge in [-0.15, -0.1) is 0 Å². The minimum absolute atomic E-state index is 0.0129. The number of anilines is 1. The zero-order valence-electron chi connectivity index (χ0n) is 11.4. The first-order valence-electron chi connectivity index (χ1n) is 6.70. The van der Waals surface area contributed by atoms with E-state index in [1.54, 1.807) is 16.9 Å². The summed E-state index contributed by atoms with van der Waals surface area (Å²) in [6.45, 7) is 4.47. The second-order valence-electron chi connectivity index (χ2n) is 4.76. The molecule has 0 aliphatic carbocycles. The van der Waals surface area contributed by atoms with E-state index in [-0.39, 0.29) is 18.5 Å². The Morgan fingerprint density at radius 3 is 2.89 bits per heavy atom. The van der Waals surface area contributed by atoms with Crippen LogP contribution >= 0.6 is 0 Å². The number of unbranched alkanes of at least 4 members (excludes halogenated alkanes) is 3. The average Bonchev–Trinajstić information content (AvgIpc) is 2.70. The third-order valence-corrected chi connectivity index (χ3v) is 2.86. The third kappa shape index (κ3) is 5.70. The van der Waals surface area contributed by atoms with Gasteiger partial charge < -0.3 is 11.1 Å². The molecule has 1 atom stereocenters. The maximum Gasteiger partial charge on any atom is 0.241 e. The van der Waals surface area contributed by atoms with Gasteiger partial charge in [0.1, 0.15) is 12.4 Å².